The third-order valence-corrected chi connectivity index (χ3v) is 3.80. The Bertz CT molecular complexity index is 751. The quantitative estimate of drug-likeness (QED) is 0.566. The summed E-state index contributed by atoms with van der Waals surface area (Å²) in [6.07, 6.45) is -4.48. The highest BCUT2D eigenvalue weighted by Crippen LogP contribution is 2.34. The van der Waals surface area contributed by atoms with Crippen molar-refractivity contribution in [2.24, 2.45) is 0 Å². The topological polar surface area (TPSA) is 24.1 Å². The molecule has 0 atom stereocenters. The van der Waals surface area contributed by atoms with E-state index in [0.29, 0.717) is 15.7 Å². The van der Waals surface area contributed by atoms with Gasteiger partial charge in [-0.3, -0.25) is 0 Å². The molecule has 0 aliphatic rings. The van der Waals surface area contributed by atoms with E-state index in [1.165, 1.54) is 6.07 Å². The fourth-order valence-corrected chi connectivity index (χ4v) is 2.50. The number of alkyl halides is 3. The molecule has 0 bridgehead atoms. The average molecular weight is 400 g/mol. The van der Waals surface area contributed by atoms with Gasteiger partial charge >= 0.3 is 6.18 Å². The molecule has 0 unspecified atom stereocenters. The van der Waals surface area contributed by atoms with Crippen LogP contribution in [0.5, 0.6) is 0 Å². The lowest BCUT2D eigenvalue weighted by molar-refractivity contribution is -0.137. The smallest absolute Gasteiger partial charge is 0.331 e. The molecule has 0 aromatic heterocycles. The van der Waals surface area contributed by atoms with Crippen molar-refractivity contribution in [3.63, 3.8) is 0 Å². The van der Waals surface area contributed by atoms with Gasteiger partial charge in [-0.05, 0) is 48.6 Å². The van der Waals surface area contributed by atoms with E-state index in [0.717, 1.165) is 18.2 Å². The van der Waals surface area contributed by atoms with Crippen molar-refractivity contribution >= 4 is 63.5 Å². The van der Waals surface area contributed by atoms with Crippen LogP contribution in [-0.2, 0) is 6.18 Å². The Morgan fingerprint density at radius 2 is 1.52 bits per heavy atom. The maximum atomic E-state index is 12.7. The van der Waals surface area contributed by atoms with Crippen molar-refractivity contribution in [3.05, 3.63) is 57.0 Å². The van der Waals surface area contributed by atoms with Crippen LogP contribution in [0.2, 0.25) is 15.1 Å². The first-order valence-electron chi connectivity index (χ1n) is 6.06. The van der Waals surface area contributed by atoms with E-state index in [9.17, 15) is 13.2 Å². The van der Waals surface area contributed by atoms with E-state index in [2.05, 4.69) is 10.6 Å². The first kappa shape index (κ1) is 18.1. The van der Waals surface area contributed by atoms with E-state index in [-0.39, 0.29) is 15.8 Å². The van der Waals surface area contributed by atoms with Gasteiger partial charge < -0.3 is 10.6 Å². The van der Waals surface area contributed by atoms with Crippen LogP contribution >= 0.6 is 47.0 Å². The van der Waals surface area contributed by atoms with Crippen molar-refractivity contribution in [2.75, 3.05) is 10.6 Å². The van der Waals surface area contributed by atoms with Crippen LogP contribution in [-0.4, -0.2) is 5.11 Å². The number of hydrogen-bond acceptors (Lipinski definition) is 1. The van der Waals surface area contributed by atoms with Gasteiger partial charge in [0, 0.05) is 5.02 Å². The predicted octanol–water partition coefficient (Wildman–Crippen LogP) is 6.47. The van der Waals surface area contributed by atoms with E-state index >= 15 is 0 Å². The lowest BCUT2D eigenvalue weighted by Crippen LogP contribution is -2.20. The van der Waals surface area contributed by atoms with Gasteiger partial charge in [0.15, 0.2) is 5.11 Å². The number of rotatable bonds is 2. The summed E-state index contributed by atoms with van der Waals surface area (Å²) in [6.45, 7) is 0. The minimum Gasteiger partial charge on any atom is -0.331 e. The fraction of sp³-hybridized carbons (Fsp3) is 0.0714. The molecule has 2 rings (SSSR count). The van der Waals surface area contributed by atoms with Gasteiger partial charge in [-0.2, -0.15) is 13.2 Å². The highest BCUT2D eigenvalue weighted by Gasteiger charge is 2.31. The van der Waals surface area contributed by atoms with Crippen LogP contribution in [0, 0.1) is 0 Å². The van der Waals surface area contributed by atoms with Crippen LogP contribution in [0.1, 0.15) is 5.56 Å². The number of benzene rings is 2. The average Bonchev–Trinajstić information content (AvgIpc) is 2.43. The number of thiocarbonyl (C=S) groups is 1. The van der Waals surface area contributed by atoms with Gasteiger partial charge in [0.1, 0.15) is 0 Å². The number of anilines is 2. The molecule has 0 fully saturated rings. The minimum atomic E-state index is -4.48. The highest BCUT2D eigenvalue weighted by atomic mass is 35.5. The second-order valence-corrected chi connectivity index (χ2v) is 6.05. The minimum absolute atomic E-state index is 0.0316. The summed E-state index contributed by atoms with van der Waals surface area (Å²) in [5.74, 6) is 0. The number of nitrogens with one attached hydrogen (secondary N) is 2. The third-order valence-electron chi connectivity index (χ3n) is 2.72. The summed E-state index contributed by atoms with van der Waals surface area (Å²) >= 11 is 22.7. The van der Waals surface area contributed by atoms with Crippen molar-refractivity contribution in [1.29, 1.82) is 0 Å². The van der Waals surface area contributed by atoms with Crippen LogP contribution in [0.15, 0.2) is 36.4 Å². The number of halogens is 6. The first-order chi connectivity index (χ1) is 10.7. The summed E-state index contributed by atoms with van der Waals surface area (Å²) in [6, 6.07) is 7.60. The molecule has 0 saturated heterocycles. The molecule has 0 heterocycles. The van der Waals surface area contributed by atoms with E-state index in [1.807, 2.05) is 0 Å². The zero-order valence-corrected chi connectivity index (χ0v) is 14.2. The predicted molar refractivity (Wildman–Crippen MR) is 92.8 cm³/mol. The molecule has 0 aliphatic carbocycles. The van der Waals surface area contributed by atoms with E-state index in [1.54, 1.807) is 12.1 Å². The monoisotopic (exact) mass is 398 g/mol. The van der Waals surface area contributed by atoms with Crippen molar-refractivity contribution in [2.45, 2.75) is 6.18 Å². The van der Waals surface area contributed by atoms with Crippen molar-refractivity contribution in [3.8, 4) is 0 Å². The Balaban J connectivity index is 2.17. The lowest BCUT2D eigenvalue weighted by atomic mass is 10.2. The zero-order valence-electron chi connectivity index (χ0n) is 11.1. The summed E-state index contributed by atoms with van der Waals surface area (Å²) in [7, 11) is 0. The molecule has 0 saturated carbocycles. The summed E-state index contributed by atoms with van der Waals surface area (Å²) in [4.78, 5) is 0. The lowest BCUT2D eigenvalue weighted by Gasteiger charge is -2.15. The third kappa shape index (κ3) is 4.88. The van der Waals surface area contributed by atoms with Crippen LogP contribution in [0.25, 0.3) is 0 Å². The Morgan fingerprint density at radius 3 is 2.13 bits per heavy atom. The first-order valence-corrected chi connectivity index (χ1v) is 7.61. The number of hydrogen-bond donors (Lipinski definition) is 2. The van der Waals surface area contributed by atoms with Crippen LogP contribution in [0.4, 0.5) is 24.5 Å². The van der Waals surface area contributed by atoms with Crippen LogP contribution in [0.3, 0.4) is 0 Å². The maximum absolute atomic E-state index is 12.7. The Kier molecular flexibility index (Phi) is 5.62. The molecule has 122 valence electrons. The van der Waals surface area contributed by atoms with E-state index in [4.69, 9.17) is 47.0 Å². The molecule has 0 spiro atoms. The Morgan fingerprint density at radius 1 is 0.870 bits per heavy atom. The molecular weight excluding hydrogens is 392 g/mol. The molecule has 2 N–H and O–H groups in total. The second kappa shape index (κ2) is 7.13. The van der Waals surface area contributed by atoms with Gasteiger partial charge in [-0.15, -0.1) is 0 Å². The van der Waals surface area contributed by atoms with Gasteiger partial charge in [0.25, 0.3) is 0 Å². The Labute approximate surface area is 150 Å². The zero-order chi connectivity index (χ0) is 17.2. The molecule has 0 amide bonds. The molecule has 0 aliphatic heterocycles. The summed E-state index contributed by atoms with van der Waals surface area (Å²) in [5.41, 5.74) is -0.350. The van der Waals surface area contributed by atoms with E-state index < -0.39 is 11.7 Å². The van der Waals surface area contributed by atoms with Crippen LogP contribution < -0.4 is 10.6 Å². The van der Waals surface area contributed by atoms with Crippen molar-refractivity contribution < 1.29 is 13.2 Å². The second-order valence-electron chi connectivity index (χ2n) is 4.40. The summed E-state index contributed by atoms with van der Waals surface area (Å²) < 4.78 is 38.2. The van der Waals surface area contributed by atoms with Gasteiger partial charge in [0.05, 0.1) is 27.0 Å². The van der Waals surface area contributed by atoms with Gasteiger partial charge in [0.2, 0.25) is 0 Å². The maximum Gasteiger partial charge on any atom is 0.416 e. The highest BCUT2D eigenvalue weighted by molar-refractivity contribution is 7.80. The van der Waals surface area contributed by atoms with Gasteiger partial charge in [-0.1, -0.05) is 34.8 Å². The molecule has 2 aromatic rings. The molecule has 0 radical (unpaired) electrons. The summed E-state index contributed by atoms with van der Waals surface area (Å²) in [5, 5.41) is 6.27. The molecule has 2 aromatic carbocycles. The fourth-order valence-electron chi connectivity index (χ4n) is 1.66. The normalized spacial score (nSPS) is 11.2. The molecular formula is C14H8Cl3F3N2S. The molecule has 2 nitrogen and oxygen atoms in total. The van der Waals surface area contributed by atoms with Gasteiger partial charge in [-0.25, -0.2) is 0 Å². The SMILES string of the molecule is FC(F)(F)c1ccc(Cl)c(NC(=S)Nc2ccc(Cl)cc2Cl)c1. The molecule has 9 heteroatoms. The molecule has 23 heavy (non-hydrogen) atoms. The largest absolute Gasteiger partial charge is 0.416 e. The Hall–Kier alpha value is -1.21. The van der Waals surface area contributed by atoms with Crippen molar-refractivity contribution in [1.82, 2.24) is 0 Å². The standard InChI is InChI=1S/C14H8Cl3F3N2S/c15-8-2-4-11(10(17)6-8)21-13(23)22-12-5-7(14(18,19)20)1-3-9(12)16/h1-6H,(H2,21,22,23).